The number of nitrogens with zero attached hydrogens (tertiary/aromatic N) is 1. The molecule has 2 N–H and O–H groups in total. The number of carbonyl (C=O) groups is 2. The Hall–Kier alpha value is -3.19. The SMILES string of the molecule is CC(Oc1ccccc1)C(=O)Nc1ccc(C(=O)Nc2nccs2)cc1. The number of anilines is 2. The van der Waals surface area contributed by atoms with E-state index in [4.69, 9.17) is 4.74 Å². The second-order valence-corrected chi connectivity index (χ2v) is 6.33. The van der Waals surface area contributed by atoms with E-state index in [1.165, 1.54) is 11.3 Å². The van der Waals surface area contributed by atoms with Gasteiger partial charge in [-0.25, -0.2) is 4.98 Å². The minimum atomic E-state index is -0.648. The average Bonchev–Trinajstić information content (AvgIpc) is 3.16. The predicted molar refractivity (Wildman–Crippen MR) is 102 cm³/mol. The van der Waals surface area contributed by atoms with Crippen molar-refractivity contribution in [1.29, 1.82) is 0 Å². The van der Waals surface area contributed by atoms with Crippen LogP contribution in [0.2, 0.25) is 0 Å². The molecule has 0 aliphatic rings. The van der Waals surface area contributed by atoms with Gasteiger partial charge in [0.15, 0.2) is 11.2 Å². The lowest BCUT2D eigenvalue weighted by Crippen LogP contribution is -2.30. The molecule has 0 radical (unpaired) electrons. The van der Waals surface area contributed by atoms with Crippen molar-refractivity contribution in [3.05, 3.63) is 71.7 Å². The van der Waals surface area contributed by atoms with Crippen molar-refractivity contribution in [2.45, 2.75) is 13.0 Å². The highest BCUT2D eigenvalue weighted by Gasteiger charge is 2.15. The van der Waals surface area contributed by atoms with E-state index in [-0.39, 0.29) is 11.8 Å². The maximum absolute atomic E-state index is 12.2. The Morgan fingerprint density at radius 2 is 1.77 bits per heavy atom. The third-order valence-electron chi connectivity index (χ3n) is 3.49. The summed E-state index contributed by atoms with van der Waals surface area (Å²) in [6.07, 6.45) is 0.975. The summed E-state index contributed by atoms with van der Waals surface area (Å²) in [6, 6.07) is 15.8. The Morgan fingerprint density at radius 1 is 1.04 bits per heavy atom. The number of ether oxygens (including phenoxy) is 1. The third-order valence-corrected chi connectivity index (χ3v) is 4.18. The Kier molecular flexibility index (Phi) is 5.60. The van der Waals surface area contributed by atoms with Crippen molar-refractivity contribution >= 4 is 34.0 Å². The fourth-order valence-corrected chi connectivity index (χ4v) is 2.68. The quantitative estimate of drug-likeness (QED) is 0.694. The van der Waals surface area contributed by atoms with E-state index in [0.29, 0.717) is 22.1 Å². The molecule has 6 nitrogen and oxygen atoms in total. The summed E-state index contributed by atoms with van der Waals surface area (Å²) < 4.78 is 5.59. The van der Waals surface area contributed by atoms with Crippen LogP contribution in [-0.2, 0) is 4.79 Å². The molecule has 0 aliphatic heterocycles. The number of para-hydroxylation sites is 1. The predicted octanol–water partition coefficient (Wildman–Crippen LogP) is 3.80. The topological polar surface area (TPSA) is 80.3 Å². The van der Waals surface area contributed by atoms with Gasteiger partial charge in [0.2, 0.25) is 0 Å². The second-order valence-electron chi connectivity index (χ2n) is 5.43. The Labute approximate surface area is 154 Å². The number of nitrogens with one attached hydrogen (secondary N) is 2. The van der Waals surface area contributed by atoms with Crippen molar-refractivity contribution in [2.24, 2.45) is 0 Å². The monoisotopic (exact) mass is 367 g/mol. The molecule has 7 heteroatoms. The Bertz CT molecular complexity index is 865. The first-order chi connectivity index (χ1) is 12.6. The lowest BCUT2D eigenvalue weighted by Gasteiger charge is -2.14. The van der Waals surface area contributed by atoms with E-state index < -0.39 is 6.10 Å². The van der Waals surface area contributed by atoms with Crippen molar-refractivity contribution in [3.63, 3.8) is 0 Å². The molecule has 0 saturated carbocycles. The zero-order valence-corrected chi connectivity index (χ0v) is 14.8. The molecule has 2 amide bonds. The number of carbonyl (C=O) groups excluding carboxylic acids is 2. The van der Waals surface area contributed by atoms with E-state index in [1.807, 2.05) is 18.2 Å². The summed E-state index contributed by atoms with van der Waals surface area (Å²) >= 11 is 1.35. The standard InChI is InChI=1S/C19H17N3O3S/c1-13(25-16-5-3-2-4-6-16)17(23)21-15-9-7-14(8-10-15)18(24)22-19-20-11-12-26-19/h2-13H,1H3,(H,21,23)(H,20,22,24). The molecular formula is C19H17N3O3S. The third kappa shape index (κ3) is 4.67. The summed E-state index contributed by atoms with van der Waals surface area (Å²) in [5.74, 6) is 0.108. The van der Waals surface area contributed by atoms with Crippen molar-refractivity contribution in [3.8, 4) is 5.75 Å². The first kappa shape index (κ1) is 17.6. The zero-order valence-electron chi connectivity index (χ0n) is 14.0. The maximum Gasteiger partial charge on any atom is 0.265 e. The van der Waals surface area contributed by atoms with Crippen LogP contribution in [0.4, 0.5) is 10.8 Å². The highest BCUT2D eigenvalue weighted by Crippen LogP contribution is 2.16. The van der Waals surface area contributed by atoms with Gasteiger partial charge in [-0.15, -0.1) is 11.3 Å². The summed E-state index contributed by atoms with van der Waals surface area (Å²) in [5.41, 5.74) is 1.07. The molecule has 0 aliphatic carbocycles. The summed E-state index contributed by atoms with van der Waals surface area (Å²) in [7, 11) is 0. The van der Waals surface area contributed by atoms with Gasteiger partial charge < -0.3 is 10.1 Å². The van der Waals surface area contributed by atoms with Crippen LogP contribution in [0.3, 0.4) is 0 Å². The molecule has 0 bridgehead atoms. The molecule has 1 aromatic heterocycles. The number of amides is 2. The molecule has 1 atom stereocenters. The van der Waals surface area contributed by atoms with Crippen LogP contribution in [0, 0.1) is 0 Å². The summed E-state index contributed by atoms with van der Waals surface area (Å²) in [6.45, 7) is 1.68. The van der Waals surface area contributed by atoms with Gasteiger partial charge in [-0.1, -0.05) is 18.2 Å². The van der Waals surface area contributed by atoms with Crippen LogP contribution in [0.1, 0.15) is 17.3 Å². The van der Waals surface area contributed by atoms with Crippen LogP contribution in [0.15, 0.2) is 66.2 Å². The van der Waals surface area contributed by atoms with E-state index in [2.05, 4.69) is 15.6 Å². The van der Waals surface area contributed by atoms with Crippen LogP contribution in [-0.4, -0.2) is 22.9 Å². The number of hydrogen-bond donors (Lipinski definition) is 2. The highest BCUT2D eigenvalue weighted by atomic mass is 32.1. The van der Waals surface area contributed by atoms with Crippen LogP contribution >= 0.6 is 11.3 Å². The Balaban J connectivity index is 1.56. The van der Waals surface area contributed by atoms with Gasteiger partial charge in [-0.3, -0.25) is 14.9 Å². The number of aromatic nitrogens is 1. The van der Waals surface area contributed by atoms with E-state index in [1.54, 1.807) is 54.9 Å². The molecule has 1 unspecified atom stereocenters. The van der Waals surface area contributed by atoms with Gasteiger partial charge in [0.25, 0.3) is 11.8 Å². The fourth-order valence-electron chi connectivity index (χ4n) is 2.16. The molecule has 1 heterocycles. The highest BCUT2D eigenvalue weighted by molar-refractivity contribution is 7.13. The molecule has 3 rings (SSSR count). The van der Waals surface area contributed by atoms with Crippen molar-refractivity contribution < 1.29 is 14.3 Å². The number of thiazole rings is 1. The maximum atomic E-state index is 12.2. The molecular weight excluding hydrogens is 350 g/mol. The smallest absolute Gasteiger partial charge is 0.265 e. The first-order valence-electron chi connectivity index (χ1n) is 7.95. The Morgan fingerprint density at radius 3 is 2.42 bits per heavy atom. The van der Waals surface area contributed by atoms with Crippen LogP contribution in [0.25, 0.3) is 0 Å². The van der Waals surface area contributed by atoms with Gasteiger partial charge in [-0.05, 0) is 43.3 Å². The van der Waals surface area contributed by atoms with Gasteiger partial charge in [-0.2, -0.15) is 0 Å². The van der Waals surface area contributed by atoms with Crippen LogP contribution < -0.4 is 15.4 Å². The minimum absolute atomic E-state index is 0.251. The van der Waals surface area contributed by atoms with Gasteiger partial charge in [0.1, 0.15) is 5.75 Å². The molecule has 0 saturated heterocycles. The summed E-state index contributed by atoms with van der Waals surface area (Å²) in [4.78, 5) is 28.3. The molecule has 0 spiro atoms. The first-order valence-corrected chi connectivity index (χ1v) is 8.83. The lowest BCUT2D eigenvalue weighted by atomic mass is 10.2. The molecule has 0 fully saturated rings. The van der Waals surface area contributed by atoms with E-state index in [0.717, 1.165) is 0 Å². The van der Waals surface area contributed by atoms with Crippen molar-refractivity contribution in [1.82, 2.24) is 4.98 Å². The van der Waals surface area contributed by atoms with Gasteiger partial charge in [0.05, 0.1) is 0 Å². The number of benzene rings is 2. The van der Waals surface area contributed by atoms with Crippen molar-refractivity contribution in [2.75, 3.05) is 10.6 Å². The normalized spacial score (nSPS) is 11.4. The molecule has 2 aromatic carbocycles. The number of rotatable bonds is 6. The average molecular weight is 367 g/mol. The summed E-state index contributed by atoms with van der Waals surface area (Å²) in [5, 5.41) is 7.80. The van der Waals surface area contributed by atoms with Gasteiger partial charge in [0, 0.05) is 22.8 Å². The minimum Gasteiger partial charge on any atom is -0.481 e. The van der Waals surface area contributed by atoms with Crippen LogP contribution in [0.5, 0.6) is 5.75 Å². The van der Waals surface area contributed by atoms with Gasteiger partial charge >= 0.3 is 0 Å². The lowest BCUT2D eigenvalue weighted by molar-refractivity contribution is -0.122. The molecule has 26 heavy (non-hydrogen) atoms. The largest absolute Gasteiger partial charge is 0.481 e. The second kappa shape index (κ2) is 8.26. The molecule has 3 aromatic rings. The fraction of sp³-hybridized carbons (Fsp3) is 0.105. The van der Waals surface area contributed by atoms with E-state index >= 15 is 0 Å². The number of hydrogen-bond acceptors (Lipinski definition) is 5. The molecule has 132 valence electrons. The zero-order chi connectivity index (χ0) is 18.4. The van der Waals surface area contributed by atoms with E-state index in [9.17, 15) is 9.59 Å².